The first kappa shape index (κ1) is 10.5. The number of nitrogens with one attached hydrogen (secondary N) is 1. The topological polar surface area (TPSA) is 32.3 Å². The standard InChI is InChI=1S/C12H18N2O/c1-2-12(15)14(11-3-4-11)9-10-5-7-13-8-6-10/h1,10-11,13H,3-9H2. The molecule has 0 radical (unpaired) electrons. The van der Waals surface area contributed by atoms with Crippen LogP contribution < -0.4 is 5.32 Å². The fourth-order valence-electron chi connectivity index (χ4n) is 2.21. The normalized spacial score (nSPS) is 22.1. The van der Waals surface area contributed by atoms with Crippen molar-refractivity contribution < 1.29 is 4.79 Å². The maximum atomic E-state index is 11.5. The van der Waals surface area contributed by atoms with Gasteiger partial charge in [0.15, 0.2) is 0 Å². The third-order valence-electron chi connectivity index (χ3n) is 3.29. The summed E-state index contributed by atoms with van der Waals surface area (Å²) in [6.07, 6.45) is 9.80. The summed E-state index contributed by atoms with van der Waals surface area (Å²) >= 11 is 0. The molecule has 0 spiro atoms. The molecule has 0 aromatic rings. The molecular formula is C12H18N2O. The minimum Gasteiger partial charge on any atom is -0.329 e. The van der Waals surface area contributed by atoms with Gasteiger partial charge in [-0.25, -0.2) is 0 Å². The van der Waals surface area contributed by atoms with E-state index >= 15 is 0 Å². The fourth-order valence-corrected chi connectivity index (χ4v) is 2.21. The molecule has 1 aliphatic carbocycles. The first-order chi connectivity index (χ1) is 7.31. The van der Waals surface area contributed by atoms with Gasteiger partial charge in [-0.1, -0.05) is 0 Å². The molecule has 3 nitrogen and oxygen atoms in total. The molecule has 3 heteroatoms. The molecule has 1 N–H and O–H groups in total. The smallest absolute Gasteiger partial charge is 0.298 e. The highest BCUT2D eigenvalue weighted by molar-refractivity contribution is 5.93. The average Bonchev–Trinajstić information content (AvgIpc) is 3.10. The summed E-state index contributed by atoms with van der Waals surface area (Å²) < 4.78 is 0. The van der Waals surface area contributed by atoms with Crippen LogP contribution in [0.3, 0.4) is 0 Å². The fraction of sp³-hybridized carbons (Fsp3) is 0.750. The largest absolute Gasteiger partial charge is 0.329 e. The molecule has 1 saturated heterocycles. The molecule has 0 atom stereocenters. The minimum absolute atomic E-state index is 0.115. The second-order valence-corrected chi connectivity index (χ2v) is 4.53. The summed E-state index contributed by atoms with van der Waals surface area (Å²) in [5, 5.41) is 3.33. The number of amides is 1. The van der Waals surface area contributed by atoms with Gasteiger partial charge in [-0.3, -0.25) is 4.79 Å². The van der Waals surface area contributed by atoms with Gasteiger partial charge in [-0.2, -0.15) is 0 Å². The minimum atomic E-state index is -0.115. The van der Waals surface area contributed by atoms with Crippen LogP contribution in [0.1, 0.15) is 25.7 Å². The number of carbonyl (C=O) groups excluding carboxylic acids is 1. The van der Waals surface area contributed by atoms with Crippen molar-refractivity contribution in [3.05, 3.63) is 0 Å². The first-order valence-electron chi connectivity index (χ1n) is 5.79. The zero-order valence-electron chi connectivity index (χ0n) is 9.04. The van der Waals surface area contributed by atoms with E-state index in [2.05, 4.69) is 11.2 Å². The van der Waals surface area contributed by atoms with E-state index in [0.29, 0.717) is 12.0 Å². The summed E-state index contributed by atoms with van der Waals surface area (Å²) in [7, 11) is 0. The lowest BCUT2D eigenvalue weighted by atomic mass is 9.97. The van der Waals surface area contributed by atoms with E-state index in [-0.39, 0.29) is 5.91 Å². The van der Waals surface area contributed by atoms with Gasteiger partial charge >= 0.3 is 0 Å². The van der Waals surface area contributed by atoms with Crippen LogP contribution in [0.25, 0.3) is 0 Å². The van der Waals surface area contributed by atoms with E-state index in [4.69, 9.17) is 6.42 Å². The van der Waals surface area contributed by atoms with Crippen molar-refractivity contribution in [1.29, 1.82) is 0 Å². The number of terminal acetylenes is 1. The Bertz CT molecular complexity index is 272. The molecule has 82 valence electrons. The zero-order valence-corrected chi connectivity index (χ0v) is 9.04. The number of nitrogens with zero attached hydrogens (tertiary/aromatic N) is 1. The molecule has 0 aromatic carbocycles. The second kappa shape index (κ2) is 4.67. The Balaban J connectivity index is 1.88. The Morgan fingerprint density at radius 1 is 1.33 bits per heavy atom. The summed E-state index contributed by atoms with van der Waals surface area (Å²) in [5.74, 6) is 2.78. The van der Waals surface area contributed by atoms with Crippen molar-refractivity contribution in [3.63, 3.8) is 0 Å². The number of hydrogen-bond acceptors (Lipinski definition) is 2. The monoisotopic (exact) mass is 206 g/mol. The Hall–Kier alpha value is -1.01. The van der Waals surface area contributed by atoms with E-state index in [1.807, 2.05) is 4.90 Å². The first-order valence-corrected chi connectivity index (χ1v) is 5.79. The van der Waals surface area contributed by atoms with Crippen molar-refractivity contribution in [1.82, 2.24) is 10.2 Å². The van der Waals surface area contributed by atoms with Crippen molar-refractivity contribution >= 4 is 5.91 Å². The van der Waals surface area contributed by atoms with E-state index in [1.54, 1.807) is 0 Å². The summed E-state index contributed by atoms with van der Waals surface area (Å²) in [5.41, 5.74) is 0. The molecule has 0 aromatic heterocycles. The zero-order chi connectivity index (χ0) is 10.7. The van der Waals surface area contributed by atoms with Gasteiger partial charge in [0.25, 0.3) is 5.91 Å². The van der Waals surface area contributed by atoms with Crippen molar-refractivity contribution in [2.45, 2.75) is 31.7 Å². The summed E-state index contributed by atoms with van der Waals surface area (Å²) in [6.45, 7) is 3.02. The van der Waals surface area contributed by atoms with Crippen molar-refractivity contribution in [2.75, 3.05) is 19.6 Å². The molecule has 0 unspecified atom stereocenters. The molecule has 2 rings (SSSR count). The van der Waals surface area contributed by atoms with E-state index in [0.717, 1.165) is 32.5 Å². The molecule has 1 amide bonds. The third kappa shape index (κ3) is 2.73. The van der Waals surface area contributed by atoms with Crippen LogP contribution in [0.4, 0.5) is 0 Å². The predicted molar refractivity (Wildman–Crippen MR) is 59.2 cm³/mol. The van der Waals surface area contributed by atoms with Gasteiger partial charge in [0.1, 0.15) is 0 Å². The Kier molecular flexibility index (Phi) is 3.27. The van der Waals surface area contributed by atoms with Gasteiger partial charge in [-0.15, -0.1) is 6.42 Å². The Morgan fingerprint density at radius 3 is 2.53 bits per heavy atom. The van der Waals surface area contributed by atoms with Gasteiger partial charge in [0.05, 0.1) is 0 Å². The lowest BCUT2D eigenvalue weighted by Crippen LogP contribution is -2.40. The molecular weight excluding hydrogens is 188 g/mol. The maximum absolute atomic E-state index is 11.5. The van der Waals surface area contributed by atoms with Crippen LogP contribution in [0, 0.1) is 18.3 Å². The molecule has 2 aliphatic rings. The number of piperidine rings is 1. The molecule has 1 heterocycles. The van der Waals surface area contributed by atoms with Gasteiger partial charge in [-0.05, 0) is 50.6 Å². The lowest BCUT2D eigenvalue weighted by molar-refractivity contribution is -0.126. The van der Waals surface area contributed by atoms with Gasteiger partial charge in [0, 0.05) is 12.6 Å². The van der Waals surface area contributed by atoms with Crippen LogP contribution in [0.5, 0.6) is 0 Å². The van der Waals surface area contributed by atoms with E-state index in [9.17, 15) is 4.79 Å². The van der Waals surface area contributed by atoms with E-state index in [1.165, 1.54) is 12.8 Å². The molecule has 1 aliphatic heterocycles. The number of rotatable bonds is 3. The van der Waals surface area contributed by atoms with Crippen molar-refractivity contribution in [3.8, 4) is 12.3 Å². The second-order valence-electron chi connectivity index (χ2n) is 4.53. The third-order valence-corrected chi connectivity index (χ3v) is 3.29. The van der Waals surface area contributed by atoms with Crippen LogP contribution in [0.15, 0.2) is 0 Å². The van der Waals surface area contributed by atoms with Crippen LogP contribution in [0.2, 0.25) is 0 Å². The Labute approximate surface area is 91.2 Å². The SMILES string of the molecule is C#CC(=O)N(CC1CCNCC1)C1CC1. The molecule has 15 heavy (non-hydrogen) atoms. The van der Waals surface area contributed by atoms with Crippen LogP contribution in [-0.2, 0) is 4.79 Å². The number of carbonyl (C=O) groups is 1. The predicted octanol–water partition coefficient (Wildman–Crippen LogP) is 0.610. The maximum Gasteiger partial charge on any atom is 0.298 e. The van der Waals surface area contributed by atoms with Gasteiger partial charge in [0.2, 0.25) is 0 Å². The van der Waals surface area contributed by atoms with Gasteiger partial charge < -0.3 is 10.2 Å². The molecule has 0 bridgehead atoms. The Morgan fingerprint density at radius 2 is 2.00 bits per heavy atom. The van der Waals surface area contributed by atoms with Crippen LogP contribution >= 0.6 is 0 Å². The highest BCUT2D eigenvalue weighted by atomic mass is 16.2. The lowest BCUT2D eigenvalue weighted by Gasteiger charge is -2.29. The molecule has 2 fully saturated rings. The average molecular weight is 206 g/mol. The number of hydrogen-bond donors (Lipinski definition) is 1. The highest BCUT2D eigenvalue weighted by Crippen LogP contribution is 2.28. The van der Waals surface area contributed by atoms with Crippen LogP contribution in [-0.4, -0.2) is 36.5 Å². The highest BCUT2D eigenvalue weighted by Gasteiger charge is 2.33. The summed E-state index contributed by atoms with van der Waals surface area (Å²) in [4.78, 5) is 13.5. The van der Waals surface area contributed by atoms with E-state index < -0.39 is 0 Å². The summed E-state index contributed by atoms with van der Waals surface area (Å²) in [6, 6.07) is 0.448. The quantitative estimate of drug-likeness (QED) is 0.686. The molecule has 1 saturated carbocycles. The van der Waals surface area contributed by atoms with Crippen molar-refractivity contribution in [2.24, 2.45) is 5.92 Å².